The first-order valence-corrected chi connectivity index (χ1v) is 5.52. The summed E-state index contributed by atoms with van der Waals surface area (Å²) >= 11 is 0. The third-order valence-corrected chi connectivity index (χ3v) is 3.13. The Labute approximate surface area is 90.6 Å². The van der Waals surface area contributed by atoms with Gasteiger partial charge >= 0.3 is 0 Å². The highest BCUT2D eigenvalue weighted by Gasteiger charge is 2.25. The molecule has 0 aromatic heterocycles. The van der Waals surface area contributed by atoms with E-state index in [1.807, 2.05) is 12.1 Å². The number of hydrogen-bond acceptors (Lipinski definition) is 3. The van der Waals surface area contributed by atoms with Crippen molar-refractivity contribution >= 4 is 0 Å². The van der Waals surface area contributed by atoms with Crippen LogP contribution in [0.25, 0.3) is 0 Å². The Kier molecular flexibility index (Phi) is 3.23. The minimum atomic E-state index is 0.346. The molecule has 1 heterocycles. The summed E-state index contributed by atoms with van der Waals surface area (Å²) in [5.74, 6) is 7.04. The van der Waals surface area contributed by atoms with Gasteiger partial charge in [-0.1, -0.05) is 25.1 Å². The molecular formula is C12H18N2O. The summed E-state index contributed by atoms with van der Waals surface area (Å²) in [6, 6.07) is 8.57. The second-order valence-corrected chi connectivity index (χ2v) is 4.06. The van der Waals surface area contributed by atoms with Gasteiger partial charge in [-0.15, -0.1) is 0 Å². The average molecular weight is 206 g/mol. The van der Waals surface area contributed by atoms with Crippen LogP contribution in [0, 0.1) is 5.92 Å². The Bertz CT molecular complexity index is 323. The topological polar surface area (TPSA) is 47.3 Å². The number of para-hydroxylation sites is 1. The van der Waals surface area contributed by atoms with Gasteiger partial charge in [0.15, 0.2) is 0 Å². The van der Waals surface area contributed by atoms with Gasteiger partial charge in [0, 0.05) is 12.0 Å². The molecular weight excluding hydrogens is 188 g/mol. The van der Waals surface area contributed by atoms with Crippen LogP contribution in [0.1, 0.15) is 18.9 Å². The Hall–Kier alpha value is -1.06. The van der Waals surface area contributed by atoms with Crippen molar-refractivity contribution in [1.29, 1.82) is 0 Å². The summed E-state index contributed by atoms with van der Waals surface area (Å²) < 4.78 is 5.73. The van der Waals surface area contributed by atoms with Crippen LogP contribution in [-0.4, -0.2) is 12.6 Å². The molecule has 0 radical (unpaired) electrons. The monoisotopic (exact) mass is 206 g/mol. The minimum absolute atomic E-state index is 0.346. The molecule has 1 aromatic carbocycles. The van der Waals surface area contributed by atoms with Gasteiger partial charge < -0.3 is 4.74 Å². The average Bonchev–Trinajstić information content (AvgIpc) is 2.30. The summed E-state index contributed by atoms with van der Waals surface area (Å²) in [6.07, 6.45) is 2.09. The van der Waals surface area contributed by atoms with Gasteiger partial charge in [-0.25, -0.2) is 0 Å². The molecule has 0 spiro atoms. The highest BCUT2D eigenvalue weighted by atomic mass is 16.5. The number of rotatable bonds is 3. The lowest BCUT2D eigenvalue weighted by molar-refractivity contribution is 0.182. The van der Waals surface area contributed by atoms with Gasteiger partial charge in [-0.2, -0.15) is 0 Å². The molecule has 0 amide bonds. The molecule has 2 rings (SSSR count). The fourth-order valence-corrected chi connectivity index (χ4v) is 2.20. The molecule has 3 N–H and O–H groups in total. The van der Waals surface area contributed by atoms with Crippen molar-refractivity contribution in [1.82, 2.24) is 5.43 Å². The van der Waals surface area contributed by atoms with Gasteiger partial charge in [0.2, 0.25) is 0 Å². The smallest absolute Gasteiger partial charge is 0.122 e. The molecule has 0 aliphatic carbocycles. The number of fused-ring (bicyclic) bond motifs is 1. The molecule has 15 heavy (non-hydrogen) atoms. The van der Waals surface area contributed by atoms with E-state index < -0.39 is 0 Å². The minimum Gasteiger partial charge on any atom is -0.493 e. The maximum Gasteiger partial charge on any atom is 0.122 e. The van der Waals surface area contributed by atoms with Gasteiger partial charge in [-0.05, 0) is 24.5 Å². The van der Waals surface area contributed by atoms with E-state index >= 15 is 0 Å². The molecule has 2 unspecified atom stereocenters. The van der Waals surface area contributed by atoms with Gasteiger partial charge in [-0.3, -0.25) is 11.3 Å². The maximum atomic E-state index is 5.73. The molecule has 0 saturated heterocycles. The number of hydrazine groups is 1. The molecule has 0 bridgehead atoms. The lowest BCUT2D eigenvalue weighted by Gasteiger charge is -2.30. The second kappa shape index (κ2) is 4.64. The van der Waals surface area contributed by atoms with Gasteiger partial charge in [0.05, 0.1) is 6.61 Å². The van der Waals surface area contributed by atoms with E-state index in [9.17, 15) is 0 Å². The van der Waals surface area contributed by atoms with Gasteiger partial charge in [0.25, 0.3) is 0 Å². The van der Waals surface area contributed by atoms with E-state index in [1.54, 1.807) is 0 Å². The molecule has 1 aromatic rings. The van der Waals surface area contributed by atoms with Crippen LogP contribution >= 0.6 is 0 Å². The molecule has 3 heteroatoms. The van der Waals surface area contributed by atoms with Crippen molar-refractivity contribution in [2.24, 2.45) is 11.8 Å². The maximum absolute atomic E-state index is 5.73. The Morgan fingerprint density at radius 1 is 1.53 bits per heavy atom. The number of nitrogens with two attached hydrogens (primary N) is 1. The van der Waals surface area contributed by atoms with E-state index in [0.717, 1.165) is 25.2 Å². The molecule has 2 atom stereocenters. The van der Waals surface area contributed by atoms with E-state index in [2.05, 4.69) is 24.5 Å². The van der Waals surface area contributed by atoms with Crippen LogP contribution in [0.3, 0.4) is 0 Å². The first-order chi connectivity index (χ1) is 7.35. The normalized spacial score (nSPS) is 21.6. The summed E-state index contributed by atoms with van der Waals surface area (Å²) in [5.41, 5.74) is 4.17. The van der Waals surface area contributed by atoms with Gasteiger partial charge in [0.1, 0.15) is 5.75 Å². The van der Waals surface area contributed by atoms with E-state index in [0.29, 0.717) is 12.0 Å². The van der Waals surface area contributed by atoms with E-state index in [4.69, 9.17) is 10.6 Å². The van der Waals surface area contributed by atoms with E-state index in [-0.39, 0.29) is 0 Å². The number of hydrogen-bond donors (Lipinski definition) is 2. The Balaban J connectivity index is 2.11. The Morgan fingerprint density at radius 3 is 3.07 bits per heavy atom. The van der Waals surface area contributed by atoms with Crippen LogP contribution in [0.4, 0.5) is 0 Å². The zero-order valence-electron chi connectivity index (χ0n) is 9.07. The van der Waals surface area contributed by atoms with Crippen LogP contribution in [0.5, 0.6) is 5.75 Å². The summed E-state index contributed by atoms with van der Waals surface area (Å²) in [5, 5.41) is 0. The fourth-order valence-electron chi connectivity index (χ4n) is 2.20. The SMILES string of the molecule is CCC(NN)C1COc2ccccc2C1. The summed E-state index contributed by atoms with van der Waals surface area (Å²) in [6.45, 7) is 2.91. The predicted octanol–water partition coefficient (Wildman–Crippen LogP) is 1.48. The molecule has 1 aliphatic rings. The molecule has 3 nitrogen and oxygen atoms in total. The second-order valence-electron chi connectivity index (χ2n) is 4.06. The Morgan fingerprint density at radius 2 is 2.33 bits per heavy atom. The highest BCUT2D eigenvalue weighted by molar-refractivity contribution is 5.35. The molecule has 1 aliphatic heterocycles. The third-order valence-electron chi connectivity index (χ3n) is 3.13. The lowest BCUT2D eigenvalue weighted by atomic mass is 9.89. The van der Waals surface area contributed by atoms with Crippen LogP contribution in [0.15, 0.2) is 24.3 Å². The van der Waals surface area contributed by atoms with Crippen molar-refractivity contribution in [3.05, 3.63) is 29.8 Å². The van der Waals surface area contributed by atoms with Crippen molar-refractivity contribution < 1.29 is 4.74 Å². The van der Waals surface area contributed by atoms with E-state index in [1.165, 1.54) is 5.56 Å². The number of nitrogens with one attached hydrogen (secondary N) is 1. The van der Waals surface area contributed by atoms with Crippen molar-refractivity contribution in [2.75, 3.05) is 6.61 Å². The third kappa shape index (κ3) is 2.13. The quantitative estimate of drug-likeness (QED) is 0.581. The fraction of sp³-hybridized carbons (Fsp3) is 0.500. The molecule has 0 fully saturated rings. The standard InChI is InChI=1S/C12H18N2O/c1-2-11(14-13)10-7-9-5-3-4-6-12(9)15-8-10/h3-6,10-11,14H,2,7-8,13H2,1H3. The molecule has 0 saturated carbocycles. The number of benzene rings is 1. The zero-order valence-corrected chi connectivity index (χ0v) is 9.07. The number of ether oxygens (including phenoxy) is 1. The highest BCUT2D eigenvalue weighted by Crippen LogP contribution is 2.28. The van der Waals surface area contributed by atoms with Crippen LogP contribution < -0.4 is 16.0 Å². The summed E-state index contributed by atoms with van der Waals surface area (Å²) in [7, 11) is 0. The zero-order chi connectivity index (χ0) is 10.7. The largest absolute Gasteiger partial charge is 0.493 e. The summed E-state index contributed by atoms with van der Waals surface area (Å²) in [4.78, 5) is 0. The first kappa shape index (κ1) is 10.5. The predicted molar refractivity (Wildman–Crippen MR) is 60.5 cm³/mol. The van der Waals surface area contributed by atoms with Crippen molar-refractivity contribution in [3.63, 3.8) is 0 Å². The van der Waals surface area contributed by atoms with Crippen molar-refractivity contribution in [2.45, 2.75) is 25.8 Å². The molecule has 82 valence electrons. The van der Waals surface area contributed by atoms with Crippen molar-refractivity contribution in [3.8, 4) is 5.75 Å². The first-order valence-electron chi connectivity index (χ1n) is 5.52. The lowest BCUT2D eigenvalue weighted by Crippen LogP contribution is -2.44. The van der Waals surface area contributed by atoms with Crippen LogP contribution in [-0.2, 0) is 6.42 Å². The van der Waals surface area contributed by atoms with Crippen LogP contribution in [0.2, 0.25) is 0 Å².